The number of ether oxygens (including phenoxy) is 1. The van der Waals surface area contributed by atoms with Gasteiger partial charge in [-0.15, -0.1) is 0 Å². The zero-order valence-corrected chi connectivity index (χ0v) is 9.14. The number of methoxy groups -OCH3 is 1. The summed E-state index contributed by atoms with van der Waals surface area (Å²) in [5, 5.41) is 0. The Balaban J connectivity index is 2.45. The van der Waals surface area contributed by atoms with Crippen LogP contribution >= 0.6 is 0 Å². The largest absolute Gasteiger partial charge is 0.465 e. The van der Waals surface area contributed by atoms with E-state index >= 15 is 0 Å². The molecule has 0 unspecified atom stereocenters. The van der Waals surface area contributed by atoms with Crippen molar-refractivity contribution in [1.82, 2.24) is 9.97 Å². The van der Waals surface area contributed by atoms with E-state index in [9.17, 15) is 9.59 Å². The summed E-state index contributed by atoms with van der Waals surface area (Å²) in [6, 6.07) is 3.14. The molecule has 0 atom stereocenters. The number of pyridine rings is 1. The predicted molar refractivity (Wildman–Crippen MR) is 59.8 cm³/mol. The summed E-state index contributed by atoms with van der Waals surface area (Å²) in [4.78, 5) is 30.2. The highest BCUT2D eigenvalue weighted by Crippen LogP contribution is 2.14. The van der Waals surface area contributed by atoms with Crippen molar-refractivity contribution >= 4 is 11.8 Å². The number of hydrogen-bond donors (Lipinski definition) is 1. The Morgan fingerprint density at radius 1 is 1.29 bits per heavy atom. The van der Waals surface area contributed by atoms with Crippen LogP contribution in [0.4, 0.5) is 0 Å². The topological polar surface area (TPSA) is 72.0 Å². The molecule has 2 rings (SSSR count). The van der Waals surface area contributed by atoms with Crippen LogP contribution in [0.5, 0.6) is 0 Å². The van der Waals surface area contributed by atoms with Crippen molar-refractivity contribution in [2.24, 2.45) is 0 Å². The van der Waals surface area contributed by atoms with Gasteiger partial charge in [0.2, 0.25) is 0 Å². The highest BCUT2D eigenvalue weighted by atomic mass is 16.5. The molecule has 2 heterocycles. The van der Waals surface area contributed by atoms with Gasteiger partial charge in [-0.3, -0.25) is 9.78 Å². The molecule has 1 N–H and O–H groups in total. The van der Waals surface area contributed by atoms with E-state index in [1.807, 2.05) is 0 Å². The molecule has 2 aromatic heterocycles. The lowest BCUT2D eigenvalue weighted by Gasteiger charge is -2.04. The molecule has 5 heteroatoms. The lowest BCUT2D eigenvalue weighted by Crippen LogP contribution is -2.11. The molecule has 0 amide bonds. The van der Waals surface area contributed by atoms with Crippen LogP contribution in [-0.2, 0) is 4.74 Å². The van der Waals surface area contributed by atoms with Crippen LogP contribution < -0.4 is 0 Å². The van der Waals surface area contributed by atoms with Crippen molar-refractivity contribution in [3.8, 4) is 0 Å². The summed E-state index contributed by atoms with van der Waals surface area (Å²) in [6.07, 6.45) is 6.01. The number of carbonyl (C=O) groups is 2. The van der Waals surface area contributed by atoms with E-state index in [-0.39, 0.29) is 16.9 Å². The molecule has 0 bridgehead atoms. The lowest BCUT2D eigenvalue weighted by atomic mass is 10.0. The quantitative estimate of drug-likeness (QED) is 0.639. The van der Waals surface area contributed by atoms with E-state index in [0.717, 1.165) is 0 Å². The van der Waals surface area contributed by atoms with E-state index in [4.69, 9.17) is 0 Å². The van der Waals surface area contributed by atoms with E-state index in [2.05, 4.69) is 14.7 Å². The maximum absolute atomic E-state index is 12.1. The SMILES string of the molecule is COC(=O)c1cnccc1C(=O)c1cc[nH]c1. The maximum Gasteiger partial charge on any atom is 0.340 e. The fraction of sp³-hybridized carbons (Fsp3) is 0.0833. The number of carbonyl (C=O) groups excluding carboxylic acids is 2. The molecule has 0 radical (unpaired) electrons. The van der Waals surface area contributed by atoms with Gasteiger partial charge in [-0.25, -0.2) is 4.79 Å². The van der Waals surface area contributed by atoms with Crippen LogP contribution in [0.15, 0.2) is 36.9 Å². The second-order valence-corrected chi connectivity index (χ2v) is 3.34. The van der Waals surface area contributed by atoms with Gasteiger partial charge in [0.1, 0.15) is 0 Å². The van der Waals surface area contributed by atoms with Crippen LogP contribution in [0.3, 0.4) is 0 Å². The molecule has 0 aromatic carbocycles. The number of nitrogens with zero attached hydrogens (tertiary/aromatic N) is 1. The maximum atomic E-state index is 12.1. The van der Waals surface area contributed by atoms with Crippen LogP contribution in [0, 0.1) is 0 Å². The third-order valence-electron chi connectivity index (χ3n) is 2.33. The zero-order chi connectivity index (χ0) is 12.3. The van der Waals surface area contributed by atoms with Gasteiger partial charge in [0.15, 0.2) is 5.78 Å². The first-order valence-corrected chi connectivity index (χ1v) is 4.94. The first-order chi connectivity index (χ1) is 8.24. The molecule has 0 saturated heterocycles. The van der Waals surface area contributed by atoms with E-state index in [1.54, 1.807) is 18.5 Å². The van der Waals surface area contributed by atoms with Crippen LogP contribution in [0.2, 0.25) is 0 Å². The van der Waals surface area contributed by atoms with Gasteiger partial charge in [-0.2, -0.15) is 0 Å². The van der Waals surface area contributed by atoms with E-state index < -0.39 is 5.97 Å². The Morgan fingerprint density at radius 3 is 2.76 bits per heavy atom. The van der Waals surface area contributed by atoms with Crippen LogP contribution in [-0.4, -0.2) is 28.8 Å². The number of rotatable bonds is 3. The molecular formula is C12H10N2O3. The summed E-state index contributed by atoms with van der Waals surface area (Å²) in [5.41, 5.74) is 0.939. The molecule has 17 heavy (non-hydrogen) atoms. The van der Waals surface area contributed by atoms with Gasteiger partial charge >= 0.3 is 5.97 Å². The van der Waals surface area contributed by atoms with Crippen LogP contribution in [0.25, 0.3) is 0 Å². The zero-order valence-electron chi connectivity index (χ0n) is 9.14. The van der Waals surface area contributed by atoms with Crippen LogP contribution in [0.1, 0.15) is 26.3 Å². The van der Waals surface area contributed by atoms with Gasteiger partial charge in [-0.05, 0) is 12.1 Å². The minimum absolute atomic E-state index is 0.168. The van der Waals surface area contributed by atoms with E-state index in [1.165, 1.54) is 25.6 Å². The van der Waals surface area contributed by atoms with Gasteiger partial charge < -0.3 is 9.72 Å². The van der Waals surface area contributed by atoms with Crippen molar-refractivity contribution in [3.05, 3.63) is 53.6 Å². The molecule has 0 aliphatic carbocycles. The number of H-pyrrole nitrogens is 1. The Morgan fingerprint density at radius 2 is 2.12 bits per heavy atom. The van der Waals surface area contributed by atoms with Crippen molar-refractivity contribution in [2.75, 3.05) is 7.11 Å². The molecule has 0 saturated carbocycles. The van der Waals surface area contributed by atoms with Crippen molar-refractivity contribution in [3.63, 3.8) is 0 Å². The number of esters is 1. The fourth-order valence-electron chi connectivity index (χ4n) is 1.49. The normalized spacial score (nSPS) is 9.94. The summed E-state index contributed by atoms with van der Waals surface area (Å²) in [7, 11) is 1.26. The number of aromatic amines is 1. The predicted octanol–water partition coefficient (Wildman–Crippen LogP) is 1.43. The molecular weight excluding hydrogens is 220 g/mol. The Hall–Kier alpha value is -2.43. The summed E-state index contributed by atoms with van der Waals surface area (Å²) in [6.45, 7) is 0. The molecule has 0 fully saturated rings. The first-order valence-electron chi connectivity index (χ1n) is 4.94. The number of hydrogen-bond acceptors (Lipinski definition) is 4. The first kappa shape index (κ1) is 11.1. The molecule has 2 aromatic rings. The molecule has 0 aliphatic rings. The van der Waals surface area contributed by atoms with Gasteiger partial charge in [0.05, 0.1) is 12.7 Å². The third kappa shape index (κ3) is 2.08. The van der Waals surface area contributed by atoms with Crippen molar-refractivity contribution in [2.45, 2.75) is 0 Å². The average molecular weight is 230 g/mol. The highest BCUT2D eigenvalue weighted by Gasteiger charge is 2.18. The number of ketones is 1. The third-order valence-corrected chi connectivity index (χ3v) is 2.33. The monoisotopic (exact) mass is 230 g/mol. The minimum atomic E-state index is -0.572. The fourth-order valence-corrected chi connectivity index (χ4v) is 1.49. The van der Waals surface area contributed by atoms with Gasteiger partial charge in [-0.1, -0.05) is 0 Å². The smallest absolute Gasteiger partial charge is 0.340 e. The average Bonchev–Trinajstić information content (AvgIpc) is 2.91. The number of nitrogens with one attached hydrogen (secondary N) is 1. The second-order valence-electron chi connectivity index (χ2n) is 3.34. The second kappa shape index (κ2) is 4.61. The molecule has 5 nitrogen and oxygen atoms in total. The Bertz CT molecular complexity index is 547. The summed E-state index contributed by atoms with van der Waals surface area (Å²) >= 11 is 0. The summed E-state index contributed by atoms with van der Waals surface area (Å²) in [5.74, 6) is -0.814. The Kier molecular flexibility index (Phi) is 3.00. The van der Waals surface area contributed by atoms with Crippen molar-refractivity contribution in [1.29, 1.82) is 0 Å². The molecule has 0 spiro atoms. The molecule has 0 aliphatic heterocycles. The standard InChI is InChI=1S/C12H10N2O3/c1-17-12(16)10-7-14-5-3-9(10)11(15)8-2-4-13-6-8/h2-7,13H,1H3. The minimum Gasteiger partial charge on any atom is -0.465 e. The van der Waals surface area contributed by atoms with Gasteiger partial charge in [0.25, 0.3) is 0 Å². The number of aromatic nitrogens is 2. The van der Waals surface area contributed by atoms with Crippen molar-refractivity contribution < 1.29 is 14.3 Å². The highest BCUT2D eigenvalue weighted by molar-refractivity contribution is 6.14. The van der Waals surface area contributed by atoms with E-state index in [0.29, 0.717) is 5.56 Å². The lowest BCUT2D eigenvalue weighted by molar-refractivity contribution is 0.0597. The summed E-state index contributed by atoms with van der Waals surface area (Å²) < 4.78 is 4.61. The Labute approximate surface area is 97.4 Å². The van der Waals surface area contributed by atoms with Gasteiger partial charge in [0, 0.05) is 35.9 Å². The molecule has 86 valence electrons.